The number of carbonyl (C=O) groups excluding carboxylic acids is 1. The zero-order valence-corrected chi connectivity index (χ0v) is 17.8. The van der Waals surface area contributed by atoms with Crippen LogP contribution in [0.5, 0.6) is 17.2 Å². The van der Waals surface area contributed by atoms with Gasteiger partial charge in [-0.05, 0) is 37.3 Å². The van der Waals surface area contributed by atoms with Crippen LogP contribution in [0.25, 0.3) is 11.4 Å². The van der Waals surface area contributed by atoms with Gasteiger partial charge < -0.3 is 24.5 Å². The molecule has 1 amide bonds. The second kappa shape index (κ2) is 8.34. The molecule has 0 atom stereocenters. The van der Waals surface area contributed by atoms with Crippen LogP contribution < -0.4 is 14.8 Å². The Morgan fingerprint density at radius 3 is 2.90 bits per heavy atom. The molecule has 0 saturated heterocycles. The number of amides is 1. The number of carbonyl (C=O) groups is 1. The highest BCUT2D eigenvalue weighted by atomic mass is 79.9. The van der Waals surface area contributed by atoms with Crippen molar-refractivity contribution in [3.63, 3.8) is 0 Å². The van der Waals surface area contributed by atoms with Crippen molar-refractivity contribution in [3.05, 3.63) is 40.9 Å². The minimum Gasteiger partial charge on any atom is -0.507 e. The summed E-state index contributed by atoms with van der Waals surface area (Å²) in [7, 11) is 0. The van der Waals surface area contributed by atoms with Crippen LogP contribution in [0, 0.1) is 0 Å². The molecular formula is C19H17BrN4O4S. The Labute approximate surface area is 179 Å². The Morgan fingerprint density at radius 2 is 2.07 bits per heavy atom. The average molecular weight is 477 g/mol. The molecule has 8 nitrogen and oxygen atoms in total. The van der Waals surface area contributed by atoms with Gasteiger partial charge in [0, 0.05) is 22.8 Å². The standard InChI is InChI=1S/C19H17BrN4O4S/c1-2-24-18(13-7-11(20)3-5-14(13)25)22-23-19(24)29-9-17(26)21-12-4-6-15-16(8-12)28-10-27-15/h3-8,25H,2,9-10H2,1H3,(H,21,26). The van der Waals surface area contributed by atoms with E-state index < -0.39 is 0 Å². The molecule has 0 spiro atoms. The van der Waals surface area contributed by atoms with Gasteiger partial charge in [-0.1, -0.05) is 27.7 Å². The lowest BCUT2D eigenvalue weighted by molar-refractivity contribution is -0.113. The minimum absolute atomic E-state index is 0.118. The van der Waals surface area contributed by atoms with Gasteiger partial charge in [0.1, 0.15) is 5.75 Å². The number of fused-ring (bicyclic) bond motifs is 1. The van der Waals surface area contributed by atoms with Crippen molar-refractivity contribution in [1.82, 2.24) is 14.8 Å². The molecule has 2 N–H and O–H groups in total. The van der Waals surface area contributed by atoms with Gasteiger partial charge in [-0.15, -0.1) is 10.2 Å². The lowest BCUT2D eigenvalue weighted by atomic mass is 10.2. The second-order valence-electron chi connectivity index (χ2n) is 6.12. The number of thioether (sulfide) groups is 1. The average Bonchev–Trinajstić information content (AvgIpc) is 3.34. The van der Waals surface area contributed by atoms with Gasteiger partial charge in [-0.25, -0.2) is 0 Å². The number of phenolic OH excluding ortho intramolecular Hbond substituents is 1. The highest BCUT2D eigenvalue weighted by molar-refractivity contribution is 9.10. The second-order valence-corrected chi connectivity index (χ2v) is 7.97. The Balaban J connectivity index is 1.45. The van der Waals surface area contributed by atoms with E-state index in [1.165, 1.54) is 11.8 Å². The van der Waals surface area contributed by atoms with Crippen LogP contribution in [0.4, 0.5) is 5.69 Å². The Bertz CT molecular complexity index is 1070. The lowest BCUT2D eigenvalue weighted by Gasteiger charge is -2.09. The van der Waals surface area contributed by atoms with E-state index >= 15 is 0 Å². The van der Waals surface area contributed by atoms with Crippen molar-refractivity contribution in [2.75, 3.05) is 17.9 Å². The first-order valence-electron chi connectivity index (χ1n) is 8.79. The largest absolute Gasteiger partial charge is 0.507 e. The first-order chi connectivity index (χ1) is 14.0. The molecule has 150 valence electrons. The maximum Gasteiger partial charge on any atom is 0.234 e. The highest BCUT2D eigenvalue weighted by Crippen LogP contribution is 2.35. The predicted octanol–water partition coefficient (Wildman–Crippen LogP) is 3.89. The summed E-state index contributed by atoms with van der Waals surface area (Å²) in [6, 6.07) is 10.4. The molecule has 2 heterocycles. The number of aromatic hydroxyl groups is 1. The number of halogens is 1. The number of hydrogen-bond donors (Lipinski definition) is 2. The predicted molar refractivity (Wildman–Crippen MR) is 112 cm³/mol. The number of benzene rings is 2. The number of nitrogens with zero attached hydrogens (tertiary/aromatic N) is 3. The number of rotatable bonds is 6. The molecule has 2 aromatic carbocycles. The number of anilines is 1. The summed E-state index contributed by atoms with van der Waals surface area (Å²) >= 11 is 4.68. The molecule has 0 saturated carbocycles. The maximum absolute atomic E-state index is 12.4. The molecule has 1 aliphatic rings. The van der Waals surface area contributed by atoms with Crippen LogP contribution in [-0.4, -0.2) is 38.3 Å². The molecule has 4 rings (SSSR count). The molecule has 10 heteroatoms. The van der Waals surface area contributed by atoms with Crippen molar-refractivity contribution >= 4 is 39.3 Å². The minimum atomic E-state index is -0.175. The quantitative estimate of drug-likeness (QED) is 0.520. The van der Waals surface area contributed by atoms with Crippen LogP contribution in [0.3, 0.4) is 0 Å². The molecular weight excluding hydrogens is 460 g/mol. The Hall–Kier alpha value is -2.72. The summed E-state index contributed by atoms with van der Waals surface area (Å²) in [6.07, 6.45) is 0. The Kier molecular flexibility index (Phi) is 5.63. The zero-order chi connectivity index (χ0) is 20.4. The van der Waals surface area contributed by atoms with Gasteiger partial charge >= 0.3 is 0 Å². The number of nitrogens with one attached hydrogen (secondary N) is 1. The fraction of sp³-hybridized carbons (Fsp3) is 0.211. The molecule has 0 radical (unpaired) electrons. The smallest absolute Gasteiger partial charge is 0.234 e. The topological polar surface area (TPSA) is 98.5 Å². The maximum atomic E-state index is 12.4. The fourth-order valence-electron chi connectivity index (χ4n) is 2.87. The molecule has 29 heavy (non-hydrogen) atoms. The van der Waals surface area contributed by atoms with E-state index in [4.69, 9.17) is 9.47 Å². The third-order valence-corrected chi connectivity index (χ3v) is 5.68. The van der Waals surface area contributed by atoms with E-state index in [0.717, 1.165) is 4.47 Å². The number of ether oxygens (including phenoxy) is 2. The Morgan fingerprint density at radius 1 is 1.24 bits per heavy atom. The molecule has 0 fully saturated rings. The third kappa shape index (κ3) is 4.18. The zero-order valence-electron chi connectivity index (χ0n) is 15.4. The van der Waals surface area contributed by atoms with Gasteiger partial charge in [-0.3, -0.25) is 4.79 Å². The number of phenols is 1. The van der Waals surface area contributed by atoms with Crippen LogP contribution in [0.2, 0.25) is 0 Å². The van der Waals surface area contributed by atoms with Crippen molar-refractivity contribution in [3.8, 4) is 28.6 Å². The van der Waals surface area contributed by atoms with Gasteiger partial charge in [0.2, 0.25) is 12.7 Å². The molecule has 0 unspecified atom stereocenters. The summed E-state index contributed by atoms with van der Waals surface area (Å²) in [5, 5.41) is 22.0. The van der Waals surface area contributed by atoms with Crippen molar-refractivity contribution < 1.29 is 19.4 Å². The van der Waals surface area contributed by atoms with Gasteiger partial charge in [0.15, 0.2) is 22.5 Å². The SMILES string of the molecule is CCn1c(SCC(=O)Nc2ccc3c(c2)OCO3)nnc1-c1cc(Br)ccc1O. The van der Waals surface area contributed by atoms with E-state index in [9.17, 15) is 9.90 Å². The van der Waals surface area contributed by atoms with Gasteiger partial charge in [-0.2, -0.15) is 0 Å². The van der Waals surface area contributed by atoms with Gasteiger partial charge in [0.25, 0.3) is 0 Å². The van der Waals surface area contributed by atoms with Crippen LogP contribution in [-0.2, 0) is 11.3 Å². The van der Waals surface area contributed by atoms with Gasteiger partial charge in [0.05, 0.1) is 11.3 Å². The lowest BCUT2D eigenvalue weighted by Crippen LogP contribution is -2.14. The number of hydrogen-bond acceptors (Lipinski definition) is 7. The van der Waals surface area contributed by atoms with Crippen molar-refractivity contribution in [2.45, 2.75) is 18.6 Å². The van der Waals surface area contributed by atoms with E-state index in [0.29, 0.717) is 40.3 Å². The normalized spacial score (nSPS) is 12.2. The monoisotopic (exact) mass is 476 g/mol. The van der Waals surface area contributed by atoms with Crippen LogP contribution in [0.1, 0.15) is 6.92 Å². The van der Waals surface area contributed by atoms with Crippen molar-refractivity contribution in [2.24, 2.45) is 0 Å². The fourth-order valence-corrected chi connectivity index (χ4v) is 4.03. The summed E-state index contributed by atoms with van der Waals surface area (Å²) in [5.74, 6) is 1.93. The molecule has 1 aromatic heterocycles. The third-order valence-electron chi connectivity index (χ3n) is 4.22. The van der Waals surface area contributed by atoms with Crippen molar-refractivity contribution in [1.29, 1.82) is 0 Å². The summed E-state index contributed by atoms with van der Waals surface area (Å²) in [4.78, 5) is 12.4. The van der Waals surface area contributed by atoms with E-state index in [-0.39, 0.29) is 24.2 Å². The summed E-state index contributed by atoms with van der Waals surface area (Å²) in [5.41, 5.74) is 1.21. The molecule has 0 aliphatic carbocycles. The van der Waals surface area contributed by atoms with Crippen LogP contribution >= 0.6 is 27.7 Å². The summed E-state index contributed by atoms with van der Waals surface area (Å²) in [6.45, 7) is 2.74. The highest BCUT2D eigenvalue weighted by Gasteiger charge is 2.18. The first-order valence-corrected chi connectivity index (χ1v) is 10.6. The van der Waals surface area contributed by atoms with E-state index in [1.54, 1.807) is 36.4 Å². The molecule has 0 bridgehead atoms. The van der Waals surface area contributed by atoms with E-state index in [2.05, 4.69) is 31.4 Å². The number of aromatic nitrogens is 3. The van der Waals surface area contributed by atoms with Crippen LogP contribution in [0.15, 0.2) is 46.0 Å². The summed E-state index contributed by atoms with van der Waals surface area (Å²) < 4.78 is 13.3. The molecule has 1 aliphatic heterocycles. The first kappa shape index (κ1) is 19.6. The molecule has 3 aromatic rings. The van der Waals surface area contributed by atoms with E-state index in [1.807, 2.05) is 11.5 Å².